The molecule has 0 saturated heterocycles. The summed E-state index contributed by atoms with van der Waals surface area (Å²) in [5.41, 5.74) is 6.96. The highest BCUT2D eigenvalue weighted by Crippen LogP contribution is 2.31. The van der Waals surface area contributed by atoms with Crippen molar-refractivity contribution in [3.8, 4) is 5.75 Å². The Labute approximate surface area is 213 Å². The Kier molecular flexibility index (Phi) is 5.90. The molecule has 1 aromatic heterocycles. The first-order chi connectivity index (χ1) is 17.5. The van der Waals surface area contributed by atoms with Crippen molar-refractivity contribution in [1.82, 2.24) is 10.3 Å². The molecule has 0 bridgehead atoms. The number of carbonyl (C=O) groups excluding carboxylic acids is 1. The van der Waals surface area contributed by atoms with E-state index >= 15 is 0 Å². The minimum Gasteiger partial charge on any atom is -0.490 e. The zero-order valence-electron chi connectivity index (χ0n) is 20.3. The second kappa shape index (κ2) is 8.96. The van der Waals surface area contributed by atoms with Crippen LogP contribution in [0.3, 0.4) is 0 Å². The maximum absolute atomic E-state index is 13.1. The van der Waals surface area contributed by atoms with Crippen molar-refractivity contribution in [2.75, 3.05) is 16.2 Å². The van der Waals surface area contributed by atoms with Gasteiger partial charge in [0.2, 0.25) is 0 Å². The fraction of sp³-hybridized carbons (Fsp3) is 0.304. The van der Waals surface area contributed by atoms with Gasteiger partial charge in [-0.05, 0) is 45.0 Å². The van der Waals surface area contributed by atoms with Gasteiger partial charge in [-0.1, -0.05) is 6.07 Å². The summed E-state index contributed by atoms with van der Waals surface area (Å²) in [7, 11) is -3.90. The molecule has 14 heteroatoms. The quantitative estimate of drug-likeness (QED) is 0.507. The van der Waals surface area contributed by atoms with Gasteiger partial charge in [0.1, 0.15) is 30.6 Å². The van der Waals surface area contributed by atoms with Gasteiger partial charge in [-0.15, -0.1) is 4.40 Å². The molecule has 37 heavy (non-hydrogen) atoms. The molecule has 0 aliphatic carbocycles. The molecule has 3 aliphatic rings. The lowest BCUT2D eigenvalue weighted by Crippen LogP contribution is -2.48. The highest BCUT2D eigenvalue weighted by atomic mass is 32.2. The maximum Gasteiger partial charge on any atom is 0.344 e. The van der Waals surface area contributed by atoms with E-state index in [0.717, 1.165) is 5.71 Å². The van der Waals surface area contributed by atoms with E-state index in [1.807, 2.05) is 11.8 Å². The predicted molar refractivity (Wildman–Crippen MR) is 141 cm³/mol. The van der Waals surface area contributed by atoms with E-state index in [4.69, 9.17) is 10.5 Å². The zero-order chi connectivity index (χ0) is 26.4. The van der Waals surface area contributed by atoms with Crippen LogP contribution in [0, 0.1) is 0 Å². The normalized spacial score (nSPS) is 21.3. The molecular formula is C23H25N9O4S. The smallest absolute Gasteiger partial charge is 0.344 e. The Balaban J connectivity index is 1.28. The van der Waals surface area contributed by atoms with Gasteiger partial charge in [-0.3, -0.25) is 19.4 Å². The van der Waals surface area contributed by atoms with Crippen LogP contribution in [0.1, 0.15) is 36.7 Å². The lowest BCUT2D eigenvalue weighted by molar-refractivity contribution is 0.0880. The van der Waals surface area contributed by atoms with Gasteiger partial charge in [0.05, 0.1) is 23.1 Å². The first-order valence-corrected chi connectivity index (χ1v) is 12.8. The Morgan fingerprint density at radius 1 is 1.27 bits per heavy atom. The average molecular weight is 524 g/mol. The second-order valence-corrected chi connectivity index (χ2v) is 10.7. The molecular weight excluding hydrogens is 498 g/mol. The molecule has 5 rings (SSSR count). The third-order valence-electron chi connectivity index (χ3n) is 5.88. The van der Waals surface area contributed by atoms with Crippen molar-refractivity contribution in [2.24, 2.45) is 25.1 Å². The summed E-state index contributed by atoms with van der Waals surface area (Å²) in [6.45, 7) is 5.58. The van der Waals surface area contributed by atoms with E-state index in [1.54, 1.807) is 56.7 Å². The van der Waals surface area contributed by atoms with Crippen molar-refractivity contribution in [2.45, 2.75) is 38.5 Å². The molecule has 1 aromatic carbocycles. The van der Waals surface area contributed by atoms with Crippen molar-refractivity contribution in [1.29, 1.82) is 0 Å². The number of hydrogen-bond donors (Lipinski definition) is 3. The lowest BCUT2D eigenvalue weighted by Gasteiger charge is -2.28. The molecule has 2 unspecified atom stereocenters. The third-order valence-corrected chi connectivity index (χ3v) is 6.80. The number of rotatable bonds is 6. The van der Waals surface area contributed by atoms with Crippen LogP contribution in [0.5, 0.6) is 5.75 Å². The van der Waals surface area contributed by atoms with E-state index in [9.17, 15) is 13.2 Å². The van der Waals surface area contributed by atoms with Gasteiger partial charge in [-0.2, -0.15) is 8.42 Å². The number of nitrogens with one attached hydrogen (secondary N) is 2. The molecule has 4 N–H and O–H groups in total. The summed E-state index contributed by atoms with van der Waals surface area (Å²) in [5, 5.41) is 2.96. The van der Waals surface area contributed by atoms with Gasteiger partial charge >= 0.3 is 10.2 Å². The van der Waals surface area contributed by atoms with E-state index in [2.05, 4.69) is 34.4 Å². The molecule has 1 amide bonds. The number of amides is 1. The van der Waals surface area contributed by atoms with E-state index in [-0.39, 0.29) is 36.2 Å². The van der Waals surface area contributed by atoms with Crippen LogP contribution in [0.15, 0.2) is 55.9 Å². The summed E-state index contributed by atoms with van der Waals surface area (Å²) in [6.07, 6.45) is 4.44. The SMILES string of the molecule is CC1=NC=NC2C1N=CN2c1cc(C(=O)NC(C)(C)COc2cccc3c2C(N)=NS(=O)(=O)N3)ccn1. The summed E-state index contributed by atoms with van der Waals surface area (Å²) in [4.78, 5) is 32.4. The standard InChI is InChI=1S/C23H25N9O4S/c1-13-19-21(27-11-26-13)32(12-28-19)17-9-14(7-8-25-17)22(33)29-23(2,3)10-36-16-6-4-5-15-18(16)20(24)31-37(34,35)30-15/h4-9,11-12,19,21,30H,10H2,1-3H3,(H2,24,31)(H,29,33). The largest absolute Gasteiger partial charge is 0.490 e. The number of fused-ring (bicyclic) bond motifs is 2. The molecule has 4 heterocycles. The summed E-state index contributed by atoms with van der Waals surface area (Å²) >= 11 is 0. The van der Waals surface area contributed by atoms with Crippen molar-refractivity contribution < 1.29 is 17.9 Å². The number of aromatic nitrogens is 1. The van der Waals surface area contributed by atoms with Gasteiger partial charge < -0.3 is 15.8 Å². The van der Waals surface area contributed by atoms with Crippen LogP contribution >= 0.6 is 0 Å². The number of anilines is 2. The molecule has 2 atom stereocenters. The number of ether oxygens (including phenoxy) is 1. The highest BCUT2D eigenvalue weighted by molar-refractivity contribution is 7.91. The van der Waals surface area contributed by atoms with Crippen LogP contribution in [0.2, 0.25) is 0 Å². The Morgan fingerprint density at radius 2 is 2.08 bits per heavy atom. The van der Waals surface area contributed by atoms with Crippen LogP contribution in [-0.2, 0) is 10.2 Å². The van der Waals surface area contributed by atoms with Crippen LogP contribution in [-0.4, -0.2) is 67.9 Å². The van der Waals surface area contributed by atoms with Crippen molar-refractivity contribution in [3.05, 3.63) is 47.7 Å². The fourth-order valence-electron chi connectivity index (χ4n) is 4.09. The molecule has 0 saturated carbocycles. The molecule has 192 valence electrons. The molecule has 13 nitrogen and oxygen atoms in total. The maximum atomic E-state index is 13.1. The predicted octanol–water partition coefficient (Wildman–Crippen LogP) is 1.09. The fourth-order valence-corrected chi connectivity index (χ4v) is 4.94. The summed E-state index contributed by atoms with van der Waals surface area (Å²) < 4.78 is 35.4. The Hall–Kier alpha value is -4.33. The van der Waals surface area contributed by atoms with Gasteiger partial charge in [0, 0.05) is 17.5 Å². The van der Waals surface area contributed by atoms with E-state index in [0.29, 0.717) is 22.7 Å². The van der Waals surface area contributed by atoms with Crippen LogP contribution < -0.4 is 25.4 Å². The summed E-state index contributed by atoms with van der Waals surface area (Å²) in [6, 6.07) is 7.96. The molecule has 0 fully saturated rings. The minimum absolute atomic E-state index is 0.0724. The average Bonchev–Trinajstić information content (AvgIpc) is 3.27. The first-order valence-electron chi connectivity index (χ1n) is 11.3. The minimum atomic E-state index is -3.90. The van der Waals surface area contributed by atoms with Gasteiger partial charge in [0.25, 0.3) is 5.91 Å². The van der Waals surface area contributed by atoms with Crippen molar-refractivity contribution in [3.63, 3.8) is 0 Å². The number of aliphatic imine (C=N–C) groups is 3. The monoisotopic (exact) mass is 523 g/mol. The molecule has 0 radical (unpaired) electrons. The second-order valence-electron chi connectivity index (χ2n) is 9.33. The van der Waals surface area contributed by atoms with Gasteiger partial charge in [-0.25, -0.2) is 15.0 Å². The number of amidine groups is 1. The first kappa shape index (κ1) is 24.4. The van der Waals surface area contributed by atoms with E-state index in [1.165, 1.54) is 6.34 Å². The number of pyridine rings is 1. The van der Waals surface area contributed by atoms with Crippen LogP contribution in [0.4, 0.5) is 11.5 Å². The lowest BCUT2D eigenvalue weighted by atomic mass is 10.1. The number of nitrogens with zero attached hydrogens (tertiary/aromatic N) is 6. The Morgan fingerprint density at radius 3 is 2.89 bits per heavy atom. The molecule has 2 aromatic rings. The highest BCUT2D eigenvalue weighted by Gasteiger charge is 2.35. The topological polar surface area (TPSA) is 176 Å². The summed E-state index contributed by atoms with van der Waals surface area (Å²) in [5.74, 6) is 0.382. The molecule has 3 aliphatic heterocycles. The van der Waals surface area contributed by atoms with Crippen molar-refractivity contribution >= 4 is 51.8 Å². The van der Waals surface area contributed by atoms with E-state index < -0.39 is 15.7 Å². The zero-order valence-corrected chi connectivity index (χ0v) is 21.1. The number of benzene rings is 1. The third kappa shape index (κ3) is 4.87. The molecule has 0 spiro atoms. The Bertz CT molecular complexity index is 1500. The van der Waals surface area contributed by atoms with Crippen LogP contribution in [0.25, 0.3) is 0 Å². The van der Waals surface area contributed by atoms with Gasteiger partial charge in [0.15, 0.2) is 12.0 Å². The number of carbonyl (C=O) groups is 1. The number of hydrogen-bond acceptors (Lipinski definition) is 10. The number of nitrogens with two attached hydrogens (primary N) is 1.